The van der Waals surface area contributed by atoms with Crippen molar-refractivity contribution in [2.75, 3.05) is 7.11 Å². The Kier molecular flexibility index (Phi) is 2.37. The number of rotatable bonds is 2. The number of nitrogens with one attached hydrogen (secondary N) is 1. The Balaban J connectivity index is 2.22. The van der Waals surface area contributed by atoms with Crippen molar-refractivity contribution in [2.45, 2.75) is 0 Å². The first-order valence-electron chi connectivity index (χ1n) is 5.50. The van der Waals surface area contributed by atoms with Crippen LogP contribution >= 0.6 is 0 Å². The first-order chi connectivity index (χ1) is 8.79. The van der Waals surface area contributed by atoms with Crippen molar-refractivity contribution in [3.8, 4) is 11.4 Å². The van der Waals surface area contributed by atoms with E-state index in [0.717, 1.165) is 11.4 Å². The van der Waals surface area contributed by atoms with Crippen LogP contribution in [0.5, 0.6) is 5.75 Å². The molecule has 0 aliphatic heterocycles. The molecule has 0 spiro atoms. The number of nitrogens with zero attached hydrogens (tertiary/aromatic N) is 2. The van der Waals surface area contributed by atoms with E-state index in [1.807, 2.05) is 24.3 Å². The number of H-pyrrole nitrogens is 1. The van der Waals surface area contributed by atoms with Crippen LogP contribution in [0.15, 0.2) is 47.4 Å². The summed E-state index contributed by atoms with van der Waals surface area (Å²) in [5.41, 5.74) is 1.31. The van der Waals surface area contributed by atoms with Crippen LogP contribution in [0.25, 0.3) is 16.7 Å². The molecule has 0 fully saturated rings. The number of ether oxygens (including phenoxy) is 1. The lowest BCUT2D eigenvalue weighted by Crippen LogP contribution is -2.03. The second-order valence-corrected chi connectivity index (χ2v) is 3.85. The highest BCUT2D eigenvalue weighted by Gasteiger charge is 2.08. The number of benzene rings is 1. The predicted octanol–water partition coefficient (Wildman–Crippen LogP) is 1.72. The third kappa shape index (κ3) is 1.57. The molecule has 0 aliphatic rings. The summed E-state index contributed by atoms with van der Waals surface area (Å²) in [6.07, 6.45) is 1.66. The van der Waals surface area contributed by atoms with Crippen LogP contribution in [-0.2, 0) is 0 Å². The van der Waals surface area contributed by atoms with Gasteiger partial charge < -0.3 is 4.74 Å². The summed E-state index contributed by atoms with van der Waals surface area (Å²) in [6.45, 7) is 0. The number of methoxy groups -OCH3 is 1. The van der Waals surface area contributed by atoms with E-state index in [-0.39, 0.29) is 5.56 Å². The maximum absolute atomic E-state index is 11.8. The van der Waals surface area contributed by atoms with E-state index in [4.69, 9.17) is 4.74 Å². The molecule has 0 unspecified atom stereocenters. The summed E-state index contributed by atoms with van der Waals surface area (Å²) in [7, 11) is 1.61. The van der Waals surface area contributed by atoms with Crippen LogP contribution in [0.4, 0.5) is 0 Å². The Morgan fingerprint density at radius 1 is 1.22 bits per heavy atom. The molecule has 1 aromatic carbocycles. The zero-order valence-electron chi connectivity index (χ0n) is 9.75. The Morgan fingerprint density at radius 3 is 2.72 bits per heavy atom. The van der Waals surface area contributed by atoms with E-state index in [2.05, 4.69) is 10.1 Å². The SMILES string of the molecule is COc1ccc(-n2[nH]c(=O)c3cccnc32)cc1. The largest absolute Gasteiger partial charge is 0.497 e. The fourth-order valence-corrected chi connectivity index (χ4v) is 1.89. The molecule has 2 heterocycles. The molecule has 5 nitrogen and oxygen atoms in total. The number of hydrogen-bond donors (Lipinski definition) is 1. The molecule has 18 heavy (non-hydrogen) atoms. The normalized spacial score (nSPS) is 10.7. The van der Waals surface area contributed by atoms with E-state index in [0.29, 0.717) is 11.0 Å². The van der Waals surface area contributed by atoms with E-state index < -0.39 is 0 Å². The van der Waals surface area contributed by atoms with Crippen molar-refractivity contribution in [2.24, 2.45) is 0 Å². The average molecular weight is 241 g/mol. The molecule has 3 aromatic rings. The molecule has 5 heteroatoms. The monoisotopic (exact) mass is 241 g/mol. The lowest BCUT2D eigenvalue weighted by Gasteiger charge is -2.04. The van der Waals surface area contributed by atoms with Gasteiger partial charge in [0.15, 0.2) is 5.65 Å². The average Bonchev–Trinajstić information content (AvgIpc) is 2.77. The molecule has 1 N–H and O–H groups in total. The van der Waals surface area contributed by atoms with Gasteiger partial charge in [-0.3, -0.25) is 9.89 Å². The molecule has 0 saturated heterocycles. The highest BCUT2D eigenvalue weighted by atomic mass is 16.5. The summed E-state index contributed by atoms with van der Waals surface area (Å²) in [5.74, 6) is 0.769. The van der Waals surface area contributed by atoms with Gasteiger partial charge in [-0.2, -0.15) is 0 Å². The summed E-state index contributed by atoms with van der Waals surface area (Å²) < 4.78 is 6.76. The van der Waals surface area contributed by atoms with Crippen molar-refractivity contribution in [3.05, 3.63) is 52.9 Å². The van der Waals surface area contributed by atoms with Crippen molar-refractivity contribution >= 4 is 11.0 Å². The number of aromatic nitrogens is 3. The summed E-state index contributed by atoms with van der Waals surface area (Å²) in [6, 6.07) is 10.9. The minimum atomic E-state index is -0.145. The Hall–Kier alpha value is -2.56. The van der Waals surface area contributed by atoms with Gasteiger partial charge in [0.1, 0.15) is 5.75 Å². The molecule has 0 atom stereocenters. The number of aromatic amines is 1. The third-order valence-electron chi connectivity index (χ3n) is 2.79. The lowest BCUT2D eigenvalue weighted by atomic mass is 10.3. The van der Waals surface area contributed by atoms with Crippen LogP contribution < -0.4 is 10.3 Å². The zero-order chi connectivity index (χ0) is 12.5. The van der Waals surface area contributed by atoms with Crippen LogP contribution in [-0.4, -0.2) is 21.9 Å². The van der Waals surface area contributed by atoms with Crippen molar-refractivity contribution in [3.63, 3.8) is 0 Å². The molecule has 3 rings (SSSR count). The molecular weight excluding hydrogens is 230 g/mol. The molecule has 90 valence electrons. The third-order valence-corrected chi connectivity index (χ3v) is 2.79. The molecule has 0 saturated carbocycles. The van der Waals surface area contributed by atoms with Gasteiger partial charge in [0.2, 0.25) is 0 Å². The summed E-state index contributed by atoms with van der Waals surface area (Å²) in [4.78, 5) is 16.0. The molecule has 0 amide bonds. The van der Waals surface area contributed by atoms with Crippen LogP contribution in [0.1, 0.15) is 0 Å². The van der Waals surface area contributed by atoms with Crippen LogP contribution in [0.3, 0.4) is 0 Å². The topological polar surface area (TPSA) is 59.9 Å². The maximum atomic E-state index is 11.8. The van der Waals surface area contributed by atoms with E-state index in [1.54, 1.807) is 30.1 Å². The molecule has 2 aromatic heterocycles. The second kappa shape index (κ2) is 4.03. The maximum Gasteiger partial charge on any atom is 0.273 e. The minimum Gasteiger partial charge on any atom is -0.497 e. The van der Waals surface area contributed by atoms with Gasteiger partial charge in [0, 0.05) is 6.20 Å². The molecule has 0 radical (unpaired) electrons. The van der Waals surface area contributed by atoms with Gasteiger partial charge in [0.25, 0.3) is 5.56 Å². The summed E-state index contributed by atoms with van der Waals surface area (Å²) >= 11 is 0. The fourth-order valence-electron chi connectivity index (χ4n) is 1.89. The summed E-state index contributed by atoms with van der Waals surface area (Å²) in [5, 5.41) is 3.34. The molecular formula is C13H11N3O2. The lowest BCUT2D eigenvalue weighted by molar-refractivity contribution is 0.414. The minimum absolute atomic E-state index is 0.145. The van der Waals surface area contributed by atoms with Gasteiger partial charge in [-0.25, -0.2) is 9.67 Å². The molecule has 0 bridgehead atoms. The van der Waals surface area contributed by atoms with Crippen molar-refractivity contribution in [1.29, 1.82) is 0 Å². The first kappa shape index (κ1) is 10.6. The number of hydrogen-bond acceptors (Lipinski definition) is 3. The van der Waals surface area contributed by atoms with E-state index in [9.17, 15) is 4.79 Å². The zero-order valence-corrected chi connectivity index (χ0v) is 9.75. The second-order valence-electron chi connectivity index (χ2n) is 3.85. The number of fused-ring (bicyclic) bond motifs is 1. The van der Waals surface area contributed by atoms with Gasteiger partial charge in [-0.1, -0.05) is 0 Å². The van der Waals surface area contributed by atoms with E-state index in [1.165, 1.54) is 0 Å². The Bertz CT molecular complexity index is 741. The van der Waals surface area contributed by atoms with E-state index >= 15 is 0 Å². The van der Waals surface area contributed by atoms with Gasteiger partial charge >= 0.3 is 0 Å². The Labute approximate surface area is 103 Å². The van der Waals surface area contributed by atoms with Crippen molar-refractivity contribution in [1.82, 2.24) is 14.8 Å². The highest BCUT2D eigenvalue weighted by Crippen LogP contribution is 2.16. The van der Waals surface area contributed by atoms with Gasteiger partial charge in [0.05, 0.1) is 18.2 Å². The molecule has 0 aliphatic carbocycles. The quantitative estimate of drug-likeness (QED) is 0.743. The fraction of sp³-hybridized carbons (Fsp3) is 0.0769. The van der Waals surface area contributed by atoms with Gasteiger partial charge in [-0.15, -0.1) is 0 Å². The Morgan fingerprint density at radius 2 is 2.00 bits per heavy atom. The number of pyridine rings is 1. The first-order valence-corrected chi connectivity index (χ1v) is 5.50. The standard InChI is InChI=1S/C13H11N3O2/c1-18-10-6-4-9(5-7-10)16-12-11(13(17)15-16)3-2-8-14-12/h2-8H,1H3,(H,15,17). The predicted molar refractivity (Wildman–Crippen MR) is 68.2 cm³/mol. The van der Waals surface area contributed by atoms with Gasteiger partial charge in [-0.05, 0) is 36.4 Å². The van der Waals surface area contributed by atoms with Crippen molar-refractivity contribution < 1.29 is 4.74 Å². The van der Waals surface area contributed by atoms with Crippen LogP contribution in [0, 0.1) is 0 Å². The smallest absolute Gasteiger partial charge is 0.273 e. The van der Waals surface area contributed by atoms with Crippen LogP contribution in [0.2, 0.25) is 0 Å². The highest BCUT2D eigenvalue weighted by molar-refractivity contribution is 5.75.